The standard InChI is InChI=1S/C68H47N/c1-68(52-24-9-4-10-25-52)64-31-16-15-28-60(64)62-44-55(41-43-65(62)68)69(53-38-36-47(37-39-53)46-32-34-49(35-33-46)57-30-17-23-48-18-11-12-26-56(48)57)54-40-42-59-58-27-13-14-29-61(58)66(50-19-5-2-6-20-50)67(63(59)45-54)51-21-7-3-8-22-51/h2-45H,1H3. The summed E-state index contributed by atoms with van der Waals surface area (Å²) in [4.78, 5) is 2.46. The Morgan fingerprint density at radius 3 is 1.48 bits per heavy atom. The number of hydrogen-bond acceptors (Lipinski definition) is 1. The molecule has 0 N–H and O–H groups in total. The van der Waals surface area contributed by atoms with Crippen molar-refractivity contribution in [3.05, 3.63) is 284 Å². The molecular weight excluding hydrogens is 831 g/mol. The second-order valence-electron chi connectivity index (χ2n) is 18.5. The van der Waals surface area contributed by atoms with Gasteiger partial charge in [0.05, 0.1) is 0 Å². The summed E-state index contributed by atoms with van der Waals surface area (Å²) >= 11 is 0. The summed E-state index contributed by atoms with van der Waals surface area (Å²) < 4.78 is 0. The monoisotopic (exact) mass is 877 g/mol. The number of fused-ring (bicyclic) bond motifs is 7. The van der Waals surface area contributed by atoms with Crippen LogP contribution in [0.15, 0.2) is 267 Å². The van der Waals surface area contributed by atoms with E-state index in [9.17, 15) is 0 Å². The fourth-order valence-corrected chi connectivity index (χ4v) is 11.4. The van der Waals surface area contributed by atoms with Gasteiger partial charge in [0, 0.05) is 22.5 Å². The van der Waals surface area contributed by atoms with E-state index in [1.165, 1.54) is 105 Å². The lowest BCUT2D eigenvalue weighted by atomic mass is 9.74. The van der Waals surface area contributed by atoms with E-state index in [1.807, 2.05) is 0 Å². The van der Waals surface area contributed by atoms with Gasteiger partial charge in [0.2, 0.25) is 0 Å². The van der Waals surface area contributed by atoms with E-state index in [1.54, 1.807) is 0 Å². The first-order valence-electron chi connectivity index (χ1n) is 24.0. The van der Waals surface area contributed by atoms with Crippen LogP contribution in [-0.2, 0) is 5.41 Å². The molecule has 12 aromatic carbocycles. The quantitative estimate of drug-likeness (QED) is 0.138. The highest BCUT2D eigenvalue weighted by Gasteiger charge is 2.41. The summed E-state index contributed by atoms with van der Waals surface area (Å²) in [7, 11) is 0. The van der Waals surface area contributed by atoms with Crippen LogP contribution in [0.5, 0.6) is 0 Å². The first-order valence-corrected chi connectivity index (χ1v) is 24.0. The van der Waals surface area contributed by atoms with Gasteiger partial charge in [-0.15, -0.1) is 0 Å². The van der Waals surface area contributed by atoms with Gasteiger partial charge in [-0.2, -0.15) is 0 Å². The van der Waals surface area contributed by atoms with Crippen molar-refractivity contribution >= 4 is 49.4 Å². The topological polar surface area (TPSA) is 3.24 Å². The van der Waals surface area contributed by atoms with Crippen molar-refractivity contribution in [2.45, 2.75) is 12.3 Å². The molecule has 1 nitrogen and oxygen atoms in total. The molecule has 13 rings (SSSR count). The highest BCUT2D eigenvalue weighted by atomic mass is 15.1. The van der Waals surface area contributed by atoms with Crippen molar-refractivity contribution < 1.29 is 0 Å². The molecular formula is C68H47N. The molecule has 69 heavy (non-hydrogen) atoms. The Hall–Kier alpha value is -8.78. The summed E-state index contributed by atoms with van der Waals surface area (Å²) in [5, 5.41) is 7.47. The molecule has 12 aromatic rings. The Morgan fingerprint density at radius 2 is 0.754 bits per heavy atom. The zero-order valence-corrected chi connectivity index (χ0v) is 38.4. The molecule has 1 heteroatoms. The number of hydrogen-bond donors (Lipinski definition) is 0. The summed E-state index contributed by atoms with van der Waals surface area (Å²) in [5.74, 6) is 0. The predicted molar refractivity (Wildman–Crippen MR) is 293 cm³/mol. The average Bonchev–Trinajstić information content (AvgIpc) is 3.69. The minimum atomic E-state index is -0.288. The van der Waals surface area contributed by atoms with Crippen LogP contribution >= 0.6 is 0 Å². The molecule has 1 aliphatic rings. The van der Waals surface area contributed by atoms with Gasteiger partial charge in [0.15, 0.2) is 0 Å². The lowest BCUT2D eigenvalue weighted by Gasteiger charge is -2.30. The lowest BCUT2D eigenvalue weighted by Crippen LogP contribution is -2.22. The molecule has 0 saturated heterocycles. The van der Waals surface area contributed by atoms with Gasteiger partial charge < -0.3 is 4.90 Å². The number of benzene rings is 12. The van der Waals surface area contributed by atoms with Crippen molar-refractivity contribution in [1.29, 1.82) is 0 Å². The fraction of sp³-hybridized carbons (Fsp3) is 0.0294. The Balaban J connectivity index is 1.00. The van der Waals surface area contributed by atoms with Gasteiger partial charge in [0.25, 0.3) is 0 Å². The van der Waals surface area contributed by atoms with Gasteiger partial charge in [-0.05, 0) is 148 Å². The first kappa shape index (κ1) is 40.5. The molecule has 0 bridgehead atoms. The molecule has 0 aromatic heterocycles. The normalized spacial score (nSPS) is 13.9. The van der Waals surface area contributed by atoms with Gasteiger partial charge in [-0.3, -0.25) is 0 Å². The van der Waals surface area contributed by atoms with Gasteiger partial charge in [0.1, 0.15) is 0 Å². The van der Waals surface area contributed by atoms with E-state index in [4.69, 9.17) is 0 Å². The lowest BCUT2D eigenvalue weighted by molar-refractivity contribution is 0.714. The van der Waals surface area contributed by atoms with E-state index in [0.717, 1.165) is 17.1 Å². The maximum absolute atomic E-state index is 2.46. The largest absolute Gasteiger partial charge is 0.310 e. The number of anilines is 3. The van der Waals surface area contributed by atoms with Gasteiger partial charge >= 0.3 is 0 Å². The van der Waals surface area contributed by atoms with E-state index in [2.05, 4.69) is 279 Å². The molecule has 0 spiro atoms. The molecule has 0 heterocycles. The molecule has 1 aliphatic carbocycles. The Bertz CT molecular complexity index is 3870. The molecule has 1 unspecified atom stereocenters. The smallest absolute Gasteiger partial charge is 0.0468 e. The second kappa shape index (κ2) is 16.5. The summed E-state index contributed by atoms with van der Waals surface area (Å²) in [5.41, 5.74) is 19.2. The zero-order valence-electron chi connectivity index (χ0n) is 38.4. The molecule has 0 saturated carbocycles. The van der Waals surface area contributed by atoms with Crippen LogP contribution in [-0.4, -0.2) is 0 Å². The zero-order chi connectivity index (χ0) is 45.9. The second-order valence-corrected chi connectivity index (χ2v) is 18.5. The van der Waals surface area contributed by atoms with E-state index in [-0.39, 0.29) is 5.41 Å². The first-order chi connectivity index (χ1) is 34.1. The van der Waals surface area contributed by atoms with Crippen molar-refractivity contribution in [2.75, 3.05) is 4.90 Å². The minimum absolute atomic E-state index is 0.288. The van der Waals surface area contributed by atoms with E-state index < -0.39 is 0 Å². The van der Waals surface area contributed by atoms with Crippen LogP contribution < -0.4 is 4.90 Å². The van der Waals surface area contributed by atoms with Crippen molar-refractivity contribution in [2.24, 2.45) is 0 Å². The third kappa shape index (κ3) is 6.69. The Labute approximate surface area is 403 Å². The molecule has 0 radical (unpaired) electrons. The third-order valence-electron chi connectivity index (χ3n) is 14.7. The molecule has 324 valence electrons. The van der Waals surface area contributed by atoms with Gasteiger partial charge in [-0.1, -0.05) is 231 Å². The van der Waals surface area contributed by atoms with Crippen LogP contribution in [0, 0.1) is 0 Å². The third-order valence-corrected chi connectivity index (χ3v) is 14.7. The Morgan fingerprint density at radius 1 is 0.275 bits per heavy atom. The average molecular weight is 878 g/mol. The number of rotatable bonds is 8. The molecule has 0 amide bonds. The van der Waals surface area contributed by atoms with Crippen LogP contribution in [0.3, 0.4) is 0 Å². The molecule has 0 aliphatic heterocycles. The highest BCUT2D eigenvalue weighted by molar-refractivity contribution is 6.22. The summed E-state index contributed by atoms with van der Waals surface area (Å²) in [6, 6.07) is 98.4. The van der Waals surface area contributed by atoms with E-state index >= 15 is 0 Å². The van der Waals surface area contributed by atoms with Crippen molar-refractivity contribution in [1.82, 2.24) is 0 Å². The molecule has 1 atom stereocenters. The number of nitrogens with zero attached hydrogens (tertiary/aromatic N) is 1. The SMILES string of the molecule is CC1(c2ccccc2)c2ccccc2-c2cc(N(c3ccc(-c4ccc(-c5cccc6ccccc56)cc4)cc3)c3ccc4c(c3)c(-c3ccccc3)c(-c3ccccc3)c3ccccc34)ccc21. The minimum Gasteiger partial charge on any atom is -0.310 e. The Kier molecular flexibility index (Phi) is 9.70. The van der Waals surface area contributed by atoms with Crippen LogP contribution in [0.4, 0.5) is 17.1 Å². The van der Waals surface area contributed by atoms with Crippen molar-refractivity contribution in [3.8, 4) is 55.6 Å². The maximum Gasteiger partial charge on any atom is 0.0468 e. The predicted octanol–water partition coefficient (Wildman–Crippen LogP) is 18.6. The highest BCUT2D eigenvalue weighted by Crippen LogP contribution is 2.54. The van der Waals surface area contributed by atoms with Crippen LogP contribution in [0.1, 0.15) is 23.6 Å². The van der Waals surface area contributed by atoms with Crippen molar-refractivity contribution in [3.63, 3.8) is 0 Å². The molecule has 0 fully saturated rings. The summed E-state index contributed by atoms with van der Waals surface area (Å²) in [6.45, 7) is 2.39. The fourth-order valence-electron chi connectivity index (χ4n) is 11.4. The summed E-state index contributed by atoms with van der Waals surface area (Å²) in [6.07, 6.45) is 0. The van der Waals surface area contributed by atoms with Crippen LogP contribution in [0.25, 0.3) is 88.0 Å². The van der Waals surface area contributed by atoms with Crippen LogP contribution in [0.2, 0.25) is 0 Å². The maximum atomic E-state index is 2.46. The van der Waals surface area contributed by atoms with E-state index in [0.29, 0.717) is 0 Å². The van der Waals surface area contributed by atoms with Gasteiger partial charge in [-0.25, -0.2) is 0 Å².